The van der Waals surface area contributed by atoms with Crippen molar-refractivity contribution in [1.82, 2.24) is 5.32 Å². The fourth-order valence-electron chi connectivity index (χ4n) is 2.98. The maximum atomic E-state index is 9.99. The molecule has 2 atom stereocenters. The van der Waals surface area contributed by atoms with Crippen LogP contribution < -0.4 is 14.8 Å². The van der Waals surface area contributed by atoms with E-state index in [4.69, 9.17) is 9.47 Å². The van der Waals surface area contributed by atoms with Crippen LogP contribution in [0, 0.1) is 5.92 Å². The highest BCUT2D eigenvalue weighted by atomic mass is 16.7. The van der Waals surface area contributed by atoms with Crippen molar-refractivity contribution in [2.45, 2.75) is 45.2 Å². The summed E-state index contributed by atoms with van der Waals surface area (Å²) >= 11 is 0. The molecule has 2 aliphatic rings. The van der Waals surface area contributed by atoms with Crippen LogP contribution in [0.3, 0.4) is 0 Å². The van der Waals surface area contributed by atoms with Crippen molar-refractivity contribution in [1.29, 1.82) is 0 Å². The number of nitrogens with one attached hydrogen (secondary N) is 1. The summed E-state index contributed by atoms with van der Waals surface area (Å²) in [5, 5.41) is 13.6. The zero-order valence-electron chi connectivity index (χ0n) is 11.3. The van der Waals surface area contributed by atoms with E-state index < -0.39 is 0 Å². The standard InChI is InChI=1S/C15H21NO3/c1-10-4-2-3-5-12(10)16-8-11-6-14-15(7-13(11)17)19-9-18-14/h6-7,10,12,16-17H,2-5,8-9H2,1H3. The van der Waals surface area contributed by atoms with Crippen LogP contribution in [0.25, 0.3) is 0 Å². The van der Waals surface area contributed by atoms with E-state index in [1.807, 2.05) is 6.07 Å². The van der Waals surface area contributed by atoms with Crippen molar-refractivity contribution in [3.05, 3.63) is 17.7 Å². The summed E-state index contributed by atoms with van der Waals surface area (Å²) in [7, 11) is 0. The third kappa shape index (κ3) is 2.63. The first-order chi connectivity index (χ1) is 9.24. The summed E-state index contributed by atoms with van der Waals surface area (Å²) in [5.41, 5.74) is 0.877. The van der Waals surface area contributed by atoms with E-state index >= 15 is 0 Å². The summed E-state index contributed by atoms with van der Waals surface area (Å²) in [6, 6.07) is 4.07. The van der Waals surface area contributed by atoms with Crippen molar-refractivity contribution in [3.63, 3.8) is 0 Å². The van der Waals surface area contributed by atoms with E-state index in [9.17, 15) is 5.11 Å². The average Bonchev–Trinajstić information content (AvgIpc) is 2.84. The third-order valence-corrected chi connectivity index (χ3v) is 4.24. The van der Waals surface area contributed by atoms with Gasteiger partial charge in [0, 0.05) is 24.2 Å². The van der Waals surface area contributed by atoms with Gasteiger partial charge in [0.05, 0.1) is 0 Å². The number of fused-ring (bicyclic) bond motifs is 1. The lowest BCUT2D eigenvalue weighted by molar-refractivity contribution is 0.174. The van der Waals surface area contributed by atoms with Crippen LogP contribution in [-0.2, 0) is 6.54 Å². The molecule has 1 aromatic rings. The summed E-state index contributed by atoms with van der Waals surface area (Å²) in [4.78, 5) is 0. The smallest absolute Gasteiger partial charge is 0.231 e. The van der Waals surface area contributed by atoms with Crippen LogP contribution in [-0.4, -0.2) is 17.9 Å². The van der Waals surface area contributed by atoms with Gasteiger partial charge < -0.3 is 19.9 Å². The number of rotatable bonds is 3. The SMILES string of the molecule is CC1CCCCC1NCc1cc2c(cc1O)OCO2. The molecule has 19 heavy (non-hydrogen) atoms. The van der Waals surface area contributed by atoms with Crippen LogP contribution in [0.1, 0.15) is 38.2 Å². The largest absolute Gasteiger partial charge is 0.507 e. The van der Waals surface area contributed by atoms with Crippen molar-refractivity contribution >= 4 is 0 Å². The topological polar surface area (TPSA) is 50.7 Å². The van der Waals surface area contributed by atoms with Gasteiger partial charge in [-0.1, -0.05) is 19.8 Å². The summed E-state index contributed by atoms with van der Waals surface area (Å²) in [6.07, 6.45) is 5.17. The minimum atomic E-state index is 0.241. The molecule has 0 saturated heterocycles. The number of ether oxygens (including phenoxy) is 2. The highest BCUT2D eigenvalue weighted by molar-refractivity contribution is 5.51. The van der Waals surface area contributed by atoms with Gasteiger partial charge >= 0.3 is 0 Å². The lowest BCUT2D eigenvalue weighted by Crippen LogP contribution is -2.36. The maximum absolute atomic E-state index is 9.99. The number of hydrogen-bond acceptors (Lipinski definition) is 4. The van der Waals surface area contributed by atoms with Crippen LogP contribution in [0.5, 0.6) is 17.2 Å². The van der Waals surface area contributed by atoms with Crippen LogP contribution in [0.4, 0.5) is 0 Å². The summed E-state index contributed by atoms with van der Waals surface area (Å²) in [5.74, 6) is 2.35. The van der Waals surface area contributed by atoms with E-state index in [0.717, 1.165) is 11.3 Å². The molecule has 0 spiro atoms. The van der Waals surface area contributed by atoms with Gasteiger partial charge in [0.25, 0.3) is 0 Å². The van der Waals surface area contributed by atoms with Gasteiger partial charge in [-0.2, -0.15) is 0 Å². The Balaban J connectivity index is 1.66. The van der Waals surface area contributed by atoms with Gasteiger partial charge in [-0.3, -0.25) is 0 Å². The minimum absolute atomic E-state index is 0.241. The second kappa shape index (κ2) is 5.29. The van der Waals surface area contributed by atoms with Gasteiger partial charge in [0.15, 0.2) is 11.5 Å². The van der Waals surface area contributed by atoms with E-state index in [0.29, 0.717) is 24.3 Å². The van der Waals surface area contributed by atoms with Gasteiger partial charge in [0.1, 0.15) is 5.75 Å². The molecule has 4 heteroatoms. The van der Waals surface area contributed by atoms with E-state index in [-0.39, 0.29) is 12.5 Å². The number of hydrogen-bond donors (Lipinski definition) is 2. The van der Waals surface area contributed by atoms with E-state index in [2.05, 4.69) is 12.2 Å². The Bertz CT molecular complexity index is 461. The average molecular weight is 263 g/mol. The van der Waals surface area contributed by atoms with Crippen molar-refractivity contribution in [2.24, 2.45) is 5.92 Å². The molecule has 104 valence electrons. The molecule has 4 nitrogen and oxygen atoms in total. The Morgan fingerprint density at radius 1 is 1.21 bits per heavy atom. The molecule has 1 aliphatic carbocycles. The highest BCUT2D eigenvalue weighted by Crippen LogP contribution is 2.37. The molecule has 0 aromatic heterocycles. The molecule has 1 aromatic carbocycles. The van der Waals surface area contributed by atoms with Gasteiger partial charge in [-0.15, -0.1) is 0 Å². The van der Waals surface area contributed by atoms with Crippen molar-refractivity contribution < 1.29 is 14.6 Å². The second-order valence-electron chi connectivity index (χ2n) is 5.58. The third-order valence-electron chi connectivity index (χ3n) is 4.24. The molecular formula is C15H21NO3. The van der Waals surface area contributed by atoms with Gasteiger partial charge in [-0.05, 0) is 24.8 Å². The van der Waals surface area contributed by atoms with Crippen LogP contribution >= 0.6 is 0 Å². The molecule has 1 heterocycles. The fraction of sp³-hybridized carbons (Fsp3) is 0.600. The molecule has 2 unspecified atom stereocenters. The van der Waals surface area contributed by atoms with Crippen molar-refractivity contribution in [3.8, 4) is 17.2 Å². The predicted molar refractivity (Wildman–Crippen MR) is 72.5 cm³/mol. The zero-order valence-corrected chi connectivity index (χ0v) is 11.3. The monoisotopic (exact) mass is 263 g/mol. The van der Waals surface area contributed by atoms with Crippen LogP contribution in [0.2, 0.25) is 0 Å². The van der Waals surface area contributed by atoms with Gasteiger partial charge in [-0.25, -0.2) is 0 Å². The number of aromatic hydroxyl groups is 1. The minimum Gasteiger partial charge on any atom is -0.507 e. The molecular weight excluding hydrogens is 242 g/mol. The van der Waals surface area contributed by atoms with E-state index in [1.54, 1.807) is 6.07 Å². The Morgan fingerprint density at radius 3 is 2.74 bits per heavy atom. The number of phenols is 1. The zero-order chi connectivity index (χ0) is 13.2. The molecule has 0 radical (unpaired) electrons. The Hall–Kier alpha value is -1.42. The molecule has 0 amide bonds. The van der Waals surface area contributed by atoms with Crippen LogP contribution in [0.15, 0.2) is 12.1 Å². The number of phenolic OH excluding ortho intramolecular Hbond substituents is 1. The first-order valence-corrected chi connectivity index (χ1v) is 7.09. The molecule has 2 N–H and O–H groups in total. The Labute approximate surface area is 113 Å². The van der Waals surface area contributed by atoms with Gasteiger partial charge in [0.2, 0.25) is 6.79 Å². The summed E-state index contributed by atoms with van der Waals surface area (Å²) < 4.78 is 10.6. The number of benzene rings is 1. The fourth-order valence-corrected chi connectivity index (χ4v) is 2.98. The lowest BCUT2D eigenvalue weighted by atomic mass is 9.86. The van der Waals surface area contributed by atoms with Crippen molar-refractivity contribution in [2.75, 3.05) is 6.79 Å². The molecule has 1 saturated carbocycles. The summed E-state index contributed by atoms with van der Waals surface area (Å²) in [6.45, 7) is 3.22. The molecule has 3 rings (SSSR count). The first kappa shape index (κ1) is 12.6. The second-order valence-corrected chi connectivity index (χ2v) is 5.58. The maximum Gasteiger partial charge on any atom is 0.231 e. The quantitative estimate of drug-likeness (QED) is 0.880. The van der Waals surface area contributed by atoms with E-state index in [1.165, 1.54) is 25.7 Å². The molecule has 0 bridgehead atoms. The highest BCUT2D eigenvalue weighted by Gasteiger charge is 2.22. The predicted octanol–water partition coefficient (Wildman–Crippen LogP) is 2.79. The lowest BCUT2D eigenvalue weighted by Gasteiger charge is -2.29. The normalized spacial score (nSPS) is 25.5. The molecule has 1 fully saturated rings. The first-order valence-electron chi connectivity index (χ1n) is 7.09. The Kier molecular flexibility index (Phi) is 3.51. The Morgan fingerprint density at radius 2 is 1.95 bits per heavy atom. The molecule has 1 aliphatic heterocycles.